The lowest BCUT2D eigenvalue weighted by molar-refractivity contribution is 0.581. The summed E-state index contributed by atoms with van der Waals surface area (Å²) in [7, 11) is -1.06. The van der Waals surface area contributed by atoms with Gasteiger partial charge in [0.1, 0.15) is 9.84 Å². The Bertz CT molecular complexity index is 565. The number of rotatable bonds is 7. The summed E-state index contributed by atoms with van der Waals surface area (Å²) in [6.45, 7) is 5.20. The van der Waals surface area contributed by atoms with Crippen LogP contribution in [0.4, 0.5) is 0 Å². The highest BCUT2D eigenvalue weighted by molar-refractivity contribution is 7.90. The van der Waals surface area contributed by atoms with Crippen molar-refractivity contribution < 1.29 is 8.42 Å². The van der Waals surface area contributed by atoms with Gasteiger partial charge in [0, 0.05) is 32.1 Å². The zero-order valence-electron chi connectivity index (χ0n) is 13.1. The second-order valence-electron chi connectivity index (χ2n) is 5.11. The van der Waals surface area contributed by atoms with Gasteiger partial charge in [0.25, 0.3) is 0 Å². The molecule has 0 aromatic carbocycles. The maximum atomic E-state index is 11.2. The van der Waals surface area contributed by atoms with Crippen LogP contribution in [0.25, 0.3) is 0 Å². The largest absolute Gasteiger partial charge is 0.357 e. The maximum Gasteiger partial charge on any atom is 0.191 e. The Morgan fingerprint density at radius 3 is 2.76 bits per heavy atom. The van der Waals surface area contributed by atoms with Crippen LogP contribution in [0.1, 0.15) is 26.0 Å². The molecule has 0 aliphatic heterocycles. The number of sulfone groups is 1. The molecule has 0 radical (unpaired) electrons. The molecule has 8 heteroatoms. The van der Waals surface area contributed by atoms with E-state index in [0.29, 0.717) is 18.9 Å². The molecule has 21 heavy (non-hydrogen) atoms. The van der Waals surface area contributed by atoms with Crippen LogP contribution in [0, 0.1) is 0 Å². The highest BCUT2D eigenvalue weighted by Crippen LogP contribution is 1.99. The Balaban J connectivity index is 2.58. The van der Waals surface area contributed by atoms with Crippen molar-refractivity contribution in [2.24, 2.45) is 12.0 Å². The fourth-order valence-electron chi connectivity index (χ4n) is 1.73. The lowest BCUT2D eigenvalue weighted by atomic mass is 10.3. The summed E-state index contributed by atoms with van der Waals surface area (Å²) in [6.07, 6.45) is 3.54. The van der Waals surface area contributed by atoms with Crippen molar-refractivity contribution in [1.29, 1.82) is 0 Å². The van der Waals surface area contributed by atoms with Gasteiger partial charge in [0.15, 0.2) is 5.96 Å². The van der Waals surface area contributed by atoms with Crippen LogP contribution >= 0.6 is 0 Å². The van der Waals surface area contributed by atoms with Crippen molar-refractivity contribution in [2.75, 3.05) is 18.6 Å². The molecule has 1 rings (SSSR count). The van der Waals surface area contributed by atoms with E-state index in [4.69, 9.17) is 0 Å². The van der Waals surface area contributed by atoms with Crippen molar-refractivity contribution in [3.8, 4) is 0 Å². The first kappa shape index (κ1) is 17.5. The molecule has 0 aliphatic rings. The summed E-state index contributed by atoms with van der Waals surface area (Å²) in [5.74, 6) is 0.849. The molecule has 1 aromatic heterocycles. The molecule has 0 spiro atoms. The van der Waals surface area contributed by atoms with E-state index in [1.807, 2.05) is 27.0 Å². The van der Waals surface area contributed by atoms with Crippen LogP contribution < -0.4 is 10.6 Å². The summed E-state index contributed by atoms with van der Waals surface area (Å²) in [4.78, 5) is 4.49. The van der Waals surface area contributed by atoms with Crippen molar-refractivity contribution in [3.63, 3.8) is 0 Å². The lowest BCUT2D eigenvalue weighted by Crippen LogP contribution is -2.42. The predicted octanol–water partition coefficient (Wildman–Crippen LogP) is 0.298. The molecule has 1 atom stereocenters. The summed E-state index contributed by atoms with van der Waals surface area (Å²) in [5, 5.41) is 10.5. The molecule has 1 unspecified atom stereocenters. The van der Waals surface area contributed by atoms with Crippen LogP contribution in [0.2, 0.25) is 0 Å². The van der Waals surface area contributed by atoms with Crippen molar-refractivity contribution in [3.05, 3.63) is 18.0 Å². The molecule has 1 heterocycles. The number of aliphatic imine (C=N–C) groups is 1. The highest BCUT2D eigenvalue weighted by Gasteiger charge is 2.09. The van der Waals surface area contributed by atoms with Gasteiger partial charge < -0.3 is 10.6 Å². The first-order valence-corrected chi connectivity index (χ1v) is 9.07. The third-order valence-electron chi connectivity index (χ3n) is 2.97. The van der Waals surface area contributed by atoms with Crippen LogP contribution in [0.15, 0.2) is 17.3 Å². The number of nitrogens with one attached hydrogen (secondary N) is 2. The van der Waals surface area contributed by atoms with Gasteiger partial charge in [-0.05, 0) is 26.3 Å². The van der Waals surface area contributed by atoms with Gasteiger partial charge in [-0.2, -0.15) is 5.10 Å². The SMILES string of the molecule is CCNC(=NCc1ccnn1C)NC(C)CCS(C)(=O)=O. The van der Waals surface area contributed by atoms with Gasteiger partial charge in [-0.1, -0.05) is 0 Å². The monoisotopic (exact) mass is 315 g/mol. The molecule has 1 aromatic rings. The van der Waals surface area contributed by atoms with Gasteiger partial charge in [-0.3, -0.25) is 4.68 Å². The summed E-state index contributed by atoms with van der Waals surface area (Å²) in [6, 6.07) is 1.95. The van der Waals surface area contributed by atoms with Crippen molar-refractivity contribution in [2.45, 2.75) is 32.9 Å². The summed E-state index contributed by atoms with van der Waals surface area (Å²) >= 11 is 0. The van der Waals surface area contributed by atoms with E-state index in [1.165, 1.54) is 6.26 Å². The van der Waals surface area contributed by atoms with E-state index in [2.05, 4.69) is 20.7 Å². The highest BCUT2D eigenvalue weighted by atomic mass is 32.2. The Hall–Kier alpha value is -1.57. The molecule has 120 valence electrons. The quantitative estimate of drug-likeness (QED) is 0.558. The van der Waals surface area contributed by atoms with E-state index in [0.717, 1.165) is 12.2 Å². The second-order valence-corrected chi connectivity index (χ2v) is 7.37. The topological polar surface area (TPSA) is 88.4 Å². The minimum absolute atomic E-state index is 0.0315. The minimum Gasteiger partial charge on any atom is -0.357 e. The zero-order valence-corrected chi connectivity index (χ0v) is 13.9. The Labute approximate surface area is 126 Å². The molecule has 0 amide bonds. The lowest BCUT2D eigenvalue weighted by Gasteiger charge is -2.17. The van der Waals surface area contributed by atoms with Crippen LogP contribution in [-0.4, -0.2) is 48.8 Å². The standard InChI is InChI=1S/C13H25N5O2S/c1-5-14-13(15-10-12-6-8-16-18(12)3)17-11(2)7-9-21(4,19)20/h6,8,11H,5,7,9-10H2,1-4H3,(H2,14,15,17). The number of hydrogen-bond donors (Lipinski definition) is 2. The van der Waals surface area contributed by atoms with Gasteiger partial charge >= 0.3 is 0 Å². The third kappa shape index (κ3) is 7.12. The van der Waals surface area contributed by atoms with E-state index in [-0.39, 0.29) is 11.8 Å². The molecule has 7 nitrogen and oxygen atoms in total. The average molecular weight is 315 g/mol. The average Bonchev–Trinajstić information content (AvgIpc) is 2.79. The third-order valence-corrected chi connectivity index (χ3v) is 3.95. The predicted molar refractivity (Wildman–Crippen MR) is 84.9 cm³/mol. The van der Waals surface area contributed by atoms with Crippen LogP contribution in [0.5, 0.6) is 0 Å². The fraction of sp³-hybridized carbons (Fsp3) is 0.692. The summed E-state index contributed by atoms with van der Waals surface area (Å²) < 4.78 is 24.1. The van der Waals surface area contributed by atoms with Gasteiger partial charge in [-0.15, -0.1) is 0 Å². The van der Waals surface area contributed by atoms with Crippen LogP contribution in [-0.2, 0) is 23.4 Å². The van der Waals surface area contributed by atoms with Gasteiger partial charge in [0.2, 0.25) is 0 Å². The number of aryl methyl sites for hydroxylation is 1. The second kappa shape index (κ2) is 8.02. The van der Waals surface area contributed by atoms with Crippen LogP contribution in [0.3, 0.4) is 0 Å². The van der Waals surface area contributed by atoms with E-state index >= 15 is 0 Å². The van der Waals surface area contributed by atoms with E-state index in [9.17, 15) is 8.42 Å². The molecule has 0 bridgehead atoms. The molecule has 0 saturated heterocycles. The number of nitrogens with zero attached hydrogens (tertiary/aromatic N) is 3. The molecular formula is C13H25N5O2S. The Morgan fingerprint density at radius 2 is 2.24 bits per heavy atom. The van der Waals surface area contributed by atoms with E-state index in [1.54, 1.807) is 10.9 Å². The number of aromatic nitrogens is 2. The minimum atomic E-state index is -2.93. The van der Waals surface area contributed by atoms with Crippen molar-refractivity contribution >= 4 is 15.8 Å². The first-order chi connectivity index (χ1) is 9.81. The molecular weight excluding hydrogens is 290 g/mol. The Morgan fingerprint density at radius 1 is 1.52 bits per heavy atom. The maximum absolute atomic E-state index is 11.2. The molecule has 0 saturated carbocycles. The van der Waals surface area contributed by atoms with Gasteiger partial charge in [0.05, 0.1) is 18.0 Å². The summed E-state index contributed by atoms with van der Waals surface area (Å²) in [5.41, 5.74) is 1.01. The van der Waals surface area contributed by atoms with Gasteiger partial charge in [-0.25, -0.2) is 13.4 Å². The normalized spacial score (nSPS) is 14.0. The molecule has 0 aliphatic carbocycles. The zero-order chi connectivity index (χ0) is 15.9. The Kier molecular flexibility index (Phi) is 6.67. The number of hydrogen-bond acceptors (Lipinski definition) is 4. The fourth-order valence-corrected chi connectivity index (χ4v) is 2.51. The van der Waals surface area contributed by atoms with Crippen molar-refractivity contribution in [1.82, 2.24) is 20.4 Å². The van der Waals surface area contributed by atoms with E-state index < -0.39 is 9.84 Å². The molecule has 2 N–H and O–H groups in total. The smallest absolute Gasteiger partial charge is 0.191 e. The first-order valence-electron chi connectivity index (χ1n) is 7.01. The number of guanidine groups is 1. The molecule has 0 fully saturated rings.